The predicted octanol–water partition coefficient (Wildman–Crippen LogP) is 4.38. The van der Waals surface area contributed by atoms with Gasteiger partial charge < -0.3 is 9.88 Å². The molecule has 0 aliphatic rings. The van der Waals surface area contributed by atoms with E-state index in [1.807, 2.05) is 31.2 Å². The highest BCUT2D eigenvalue weighted by atomic mass is 32.2. The van der Waals surface area contributed by atoms with Gasteiger partial charge in [-0.3, -0.25) is 4.79 Å². The molecule has 1 N–H and O–H groups in total. The zero-order chi connectivity index (χ0) is 21.1. The lowest BCUT2D eigenvalue weighted by atomic mass is 10.2. The van der Waals surface area contributed by atoms with Crippen LogP contribution in [0.3, 0.4) is 0 Å². The fourth-order valence-corrected chi connectivity index (χ4v) is 4.23. The number of hydrogen-bond acceptors (Lipinski definition) is 6. The van der Waals surface area contributed by atoms with E-state index in [4.69, 9.17) is 4.98 Å². The minimum atomic E-state index is -0.407. The molecule has 0 aliphatic heterocycles. The quantitative estimate of drug-likeness (QED) is 0.469. The average molecular weight is 417 g/mol. The van der Waals surface area contributed by atoms with Gasteiger partial charge >= 0.3 is 0 Å². The smallest absolute Gasteiger partial charge is 0.238 e. The molecule has 150 valence electrons. The van der Waals surface area contributed by atoms with Gasteiger partial charge in [0.2, 0.25) is 11.1 Å². The van der Waals surface area contributed by atoms with Gasteiger partial charge in [-0.1, -0.05) is 49.0 Å². The number of carbonyl (C=O) groups is 1. The third kappa shape index (κ3) is 3.60. The Kier molecular flexibility index (Phi) is 5.63. The highest BCUT2D eigenvalue weighted by Gasteiger charge is 2.22. The van der Waals surface area contributed by atoms with Crippen molar-refractivity contribution in [3.8, 4) is 6.07 Å². The highest BCUT2D eigenvalue weighted by molar-refractivity contribution is 8.00. The molecular weight excluding hydrogens is 396 g/mol. The molecule has 0 saturated carbocycles. The van der Waals surface area contributed by atoms with Gasteiger partial charge in [-0.05, 0) is 31.5 Å². The topological polar surface area (TPSA) is 96.5 Å². The molecule has 0 saturated heterocycles. The van der Waals surface area contributed by atoms with Crippen LogP contribution in [0.1, 0.15) is 25.8 Å². The van der Waals surface area contributed by atoms with E-state index in [-0.39, 0.29) is 5.91 Å². The van der Waals surface area contributed by atoms with E-state index in [2.05, 4.69) is 33.1 Å². The number of carbonyl (C=O) groups excluding carboxylic acids is 1. The van der Waals surface area contributed by atoms with Gasteiger partial charge in [-0.15, -0.1) is 10.2 Å². The van der Waals surface area contributed by atoms with Gasteiger partial charge in [-0.2, -0.15) is 5.26 Å². The van der Waals surface area contributed by atoms with Crippen molar-refractivity contribution in [2.45, 2.75) is 37.2 Å². The third-order valence-corrected chi connectivity index (χ3v) is 6.10. The summed E-state index contributed by atoms with van der Waals surface area (Å²) in [4.78, 5) is 17.5. The maximum atomic E-state index is 12.8. The summed E-state index contributed by atoms with van der Waals surface area (Å²) in [5.41, 5.74) is 3.53. The molecule has 8 heteroatoms. The Balaban J connectivity index is 1.62. The van der Waals surface area contributed by atoms with Gasteiger partial charge in [0.05, 0.1) is 22.0 Å². The van der Waals surface area contributed by atoms with E-state index < -0.39 is 5.25 Å². The number of nitrogens with one attached hydrogen (secondary N) is 1. The standard InChI is InChI=1S/C22H20N6OS/c1-3-18(21(29)24-16-11-7-5-9-14(16)13-23)30-22-25-20-19(26-27-22)15-10-6-8-12-17(15)28(20)4-2/h5-12,18H,3-4H2,1-2H3,(H,24,29). The number of para-hydroxylation sites is 2. The first-order valence-corrected chi connectivity index (χ1v) is 10.6. The Labute approximate surface area is 178 Å². The molecule has 2 heterocycles. The minimum Gasteiger partial charge on any atom is -0.324 e. The number of amides is 1. The van der Waals surface area contributed by atoms with E-state index in [9.17, 15) is 10.1 Å². The van der Waals surface area contributed by atoms with E-state index in [1.54, 1.807) is 24.3 Å². The van der Waals surface area contributed by atoms with Crippen molar-refractivity contribution in [1.29, 1.82) is 5.26 Å². The number of hydrogen-bond donors (Lipinski definition) is 1. The second kappa shape index (κ2) is 8.51. The second-order valence-corrected chi connectivity index (χ2v) is 7.86. The van der Waals surface area contributed by atoms with Crippen molar-refractivity contribution in [2.24, 2.45) is 0 Å². The third-order valence-electron chi connectivity index (χ3n) is 4.89. The van der Waals surface area contributed by atoms with Crippen molar-refractivity contribution in [3.63, 3.8) is 0 Å². The molecule has 4 aromatic rings. The first-order valence-electron chi connectivity index (χ1n) is 9.74. The molecule has 1 unspecified atom stereocenters. The lowest BCUT2D eigenvalue weighted by molar-refractivity contribution is -0.115. The number of thioether (sulfide) groups is 1. The Hall–Kier alpha value is -3.44. The van der Waals surface area contributed by atoms with Crippen LogP contribution in [0.4, 0.5) is 5.69 Å². The van der Waals surface area contributed by atoms with E-state index >= 15 is 0 Å². The van der Waals surface area contributed by atoms with Gasteiger partial charge in [-0.25, -0.2) is 4.98 Å². The number of nitriles is 1. The van der Waals surface area contributed by atoms with Crippen molar-refractivity contribution in [2.75, 3.05) is 5.32 Å². The van der Waals surface area contributed by atoms with Crippen molar-refractivity contribution in [3.05, 3.63) is 54.1 Å². The summed E-state index contributed by atoms with van der Waals surface area (Å²) in [7, 11) is 0. The zero-order valence-corrected chi connectivity index (χ0v) is 17.5. The molecule has 0 radical (unpaired) electrons. The molecule has 0 bridgehead atoms. The van der Waals surface area contributed by atoms with Crippen LogP contribution >= 0.6 is 11.8 Å². The van der Waals surface area contributed by atoms with Crippen molar-refractivity contribution in [1.82, 2.24) is 19.7 Å². The summed E-state index contributed by atoms with van der Waals surface area (Å²) in [6, 6.07) is 17.1. The van der Waals surface area contributed by atoms with Crippen LogP contribution in [-0.4, -0.2) is 30.9 Å². The zero-order valence-electron chi connectivity index (χ0n) is 16.7. The first kappa shape index (κ1) is 19.9. The number of aryl methyl sites for hydroxylation is 1. The largest absolute Gasteiger partial charge is 0.324 e. The summed E-state index contributed by atoms with van der Waals surface area (Å²) >= 11 is 1.28. The van der Waals surface area contributed by atoms with Gasteiger partial charge in [0.1, 0.15) is 11.6 Å². The average Bonchev–Trinajstić information content (AvgIpc) is 3.10. The van der Waals surface area contributed by atoms with Crippen LogP contribution in [0, 0.1) is 11.3 Å². The van der Waals surface area contributed by atoms with Crippen LogP contribution < -0.4 is 5.32 Å². The van der Waals surface area contributed by atoms with Gasteiger partial charge in [0.15, 0.2) is 5.65 Å². The lowest BCUT2D eigenvalue weighted by Gasteiger charge is -2.14. The van der Waals surface area contributed by atoms with Crippen LogP contribution in [0.2, 0.25) is 0 Å². The van der Waals surface area contributed by atoms with E-state index in [0.29, 0.717) is 22.8 Å². The maximum Gasteiger partial charge on any atom is 0.238 e. The summed E-state index contributed by atoms with van der Waals surface area (Å²) in [6.45, 7) is 4.76. The number of fused-ring (bicyclic) bond motifs is 3. The van der Waals surface area contributed by atoms with E-state index in [1.165, 1.54) is 11.8 Å². The molecule has 0 fully saturated rings. The molecule has 2 aromatic carbocycles. The molecule has 1 amide bonds. The van der Waals surface area contributed by atoms with Gasteiger partial charge in [0.25, 0.3) is 0 Å². The second-order valence-electron chi connectivity index (χ2n) is 6.69. The summed E-state index contributed by atoms with van der Waals surface area (Å²) in [5.74, 6) is -0.190. The fourth-order valence-electron chi connectivity index (χ4n) is 3.41. The van der Waals surface area contributed by atoms with Gasteiger partial charge in [0, 0.05) is 11.9 Å². The number of rotatable bonds is 6. The van der Waals surface area contributed by atoms with Crippen molar-refractivity contribution < 1.29 is 4.79 Å². The minimum absolute atomic E-state index is 0.190. The molecule has 30 heavy (non-hydrogen) atoms. The van der Waals surface area contributed by atoms with Crippen LogP contribution in [0.15, 0.2) is 53.7 Å². The molecule has 2 aromatic heterocycles. The SMILES string of the molecule is CCC(Sc1nnc2c3ccccc3n(CC)c2n1)C(=O)Nc1ccccc1C#N. The normalized spacial score (nSPS) is 12.0. The Morgan fingerprint density at radius 2 is 1.93 bits per heavy atom. The number of aromatic nitrogens is 4. The van der Waals surface area contributed by atoms with Crippen LogP contribution in [0.5, 0.6) is 0 Å². The monoisotopic (exact) mass is 416 g/mol. The maximum absolute atomic E-state index is 12.8. The first-order chi connectivity index (χ1) is 14.7. The lowest BCUT2D eigenvalue weighted by Crippen LogP contribution is -2.25. The van der Waals surface area contributed by atoms with Crippen LogP contribution in [-0.2, 0) is 11.3 Å². The molecule has 0 spiro atoms. The fraction of sp³-hybridized carbons (Fsp3) is 0.227. The number of benzene rings is 2. The molecule has 0 aliphatic carbocycles. The van der Waals surface area contributed by atoms with Crippen molar-refractivity contribution >= 4 is 45.4 Å². The number of anilines is 1. The Morgan fingerprint density at radius 3 is 2.70 bits per heavy atom. The van der Waals surface area contributed by atoms with Crippen LogP contribution in [0.25, 0.3) is 22.1 Å². The molecule has 7 nitrogen and oxygen atoms in total. The molecule has 1 atom stereocenters. The summed E-state index contributed by atoms with van der Waals surface area (Å²) in [5, 5.41) is 21.8. The number of nitrogens with zero attached hydrogens (tertiary/aromatic N) is 5. The summed E-state index contributed by atoms with van der Waals surface area (Å²) in [6.07, 6.45) is 0.587. The molecular formula is C22H20N6OS. The van der Waals surface area contributed by atoms with E-state index in [0.717, 1.165) is 28.6 Å². The highest BCUT2D eigenvalue weighted by Crippen LogP contribution is 2.29. The Morgan fingerprint density at radius 1 is 1.17 bits per heavy atom. The predicted molar refractivity (Wildman–Crippen MR) is 118 cm³/mol. The Bertz CT molecular complexity index is 1280. The summed E-state index contributed by atoms with van der Waals surface area (Å²) < 4.78 is 2.10. The molecule has 4 rings (SSSR count).